The van der Waals surface area contributed by atoms with Crippen LogP contribution in [0.1, 0.15) is 44.6 Å². The Bertz CT molecular complexity index is 378. The summed E-state index contributed by atoms with van der Waals surface area (Å²) in [4.78, 5) is 12.6. The standard InChI is InChI=1S/C14H23NO3S/c1-9(2)11(16)8-14(18)15-10(3)7-12(17)13-5-4-6-19-13/h4-6,9-12,16-17H,7-8H2,1-3H3,(H,15,18). The van der Waals surface area contributed by atoms with Gasteiger partial charge in [-0.25, -0.2) is 0 Å². The molecule has 5 heteroatoms. The van der Waals surface area contributed by atoms with Crippen LogP contribution in [0.25, 0.3) is 0 Å². The van der Waals surface area contributed by atoms with Crippen molar-refractivity contribution in [3.05, 3.63) is 22.4 Å². The molecular formula is C14H23NO3S. The number of hydrogen-bond donors (Lipinski definition) is 3. The SMILES string of the molecule is CC(CC(O)c1cccs1)NC(=O)CC(O)C(C)C. The minimum absolute atomic E-state index is 0.0674. The van der Waals surface area contributed by atoms with E-state index in [1.54, 1.807) is 0 Å². The third kappa shape index (κ3) is 5.72. The number of amides is 1. The molecule has 0 saturated carbocycles. The summed E-state index contributed by atoms with van der Waals surface area (Å²) in [6, 6.07) is 3.65. The highest BCUT2D eigenvalue weighted by atomic mass is 32.1. The second-order valence-electron chi connectivity index (χ2n) is 5.25. The lowest BCUT2D eigenvalue weighted by atomic mass is 10.0. The average molecular weight is 285 g/mol. The molecule has 1 rings (SSSR count). The van der Waals surface area contributed by atoms with Gasteiger partial charge in [0.1, 0.15) is 0 Å². The molecule has 0 radical (unpaired) electrons. The van der Waals surface area contributed by atoms with Crippen LogP contribution >= 0.6 is 11.3 Å². The average Bonchev–Trinajstić information content (AvgIpc) is 2.81. The summed E-state index contributed by atoms with van der Waals surface area (Å²) in [5.41, 5.74) is 0. The van der Waals surface area contributed by atoms with E-state index in [1.165, 1.54) is 11.3 Å². The van der Waals surface area contributed by atoms with Crippen LogP contribution in [0.3, 0.4) is 0 Å². The summed E-state index contributed by atoms with van der Waals surface area (Å²) in [7, 11) is 0. The van der Waals surface area contributed by atoms with Crippen molar-refractivity contribution in [2.75, 3.05) is 0 Å². The summed E-state index contributed by atoms with van der Waals surface area (Å²) in [5.74, 6) is -0.107. The Kier molecular flexibility index (Phi) is 6.48. The maximum absolute atomic E-state index is 11.7. The van der Waals surface area contributed by atoms with Crippen molar-refractivity contribution in [2.45, 2.75) is 51.9 Å². The number of thiophene rings is 1. The fourth-order valence-electron chi connectivity index (χ4n) is 1.75. The number of carbonyl (C=O) groups excluding carboxylic acids is 1. The Hall–Kier alpha value is -0.910. The predicted octanol–water partition coefficient (Wildman–Crippen LogP) is 2.08. The molecule has 1 aromatic rings. The fourth-order valence-corrected chi connectivity index (χ4v) is 2.47. The molecule has 0 bridgehead atoms. The highest BCUT2D eigenvalue weighted by Crippen LogP contribution is 2.22. The first-order chi connectivity index (χ1) is 8.90. The van der Waals surface area contributed by atoms with E-state index < -0.39 is 12.2 Å². The minimum atomic E-state index is -0.616. The Balaban J connectivity index is 2.34. The lowest BCUT2D eigenvalue weighted by Gasteiger charge is -2.19. The number of carbonyl (C=O) groups is 1. The van der Waals surface area contributed by atoms with E-state index >= 15 is 0 Å². The van der Waals surface area contributed by atoms with Crippen LogP contribution in [0.4, 0.5) is 0 Å². The molecule has 3 unspecified atom stereocenters. The van der Waals surface area contributed by atoms with Crippen molar-refractivity contribution in [2.24, 2.45) is 5.92 Å². The first-order valence-corrected chi connectivity index (χ1v) is 7.47. The van der Waals surface area contributed by atoms with Gasteiger partial charge in [0.25, 0.3) is 0 Å². The largest absolute Gasteiger partial charge is 0.392 e. The van der Waals surface area contributed by atoms with Gasteiger partial charge in [-0.05, 0) is 30.7 Å². The molecule has 19 heavy (non-hydrogen) atoms. The zero-order valence-electron chi connectivity index (χ0n) is 11.7. The molecule has 1 heterocycles. The van der Waals surface area contributed by atoms with Crippen LogP contribution in [0.15, 0.2) is 17.5 Å². The lowest BCUT2D eigenvalue weighted by Crippen LogP contribution is -2.36. The van der Waals surface area contributed by atoms with Gasteiger partial charge in [-0.15, -0.1) is 11.3 Å². The van der Waals surface area contributed by atoms with E-state index in [0.717, 1.165) is 4.88 Å². The Morgan fingerprint density at radius 1 is 1.37 bits per heavy atom. The second kappa shape index (κ2) is 7.62. The number of hydrogen-bond acceptors (Lipinski definition) is 4. The van der Waals surface area contributed by atoms with Crippen molar-refractivity contribution >= 4 is 17.2 Å². The van der Waals surface area contributed by atoms with Gasteiger partial charge in [0.2, 0.25) is 5.91 Å². The molecule has 3 atom stereocenters. The van der Waals surface area contributed by atoms with Crippen molar-refractivity contribution in [3.63, 3.8) is 0 Å². The van der Waals surface area contributed by atoms with Gasteiger partial charge >= 0.3 is 0 Å². The van der Waals surface area contributed by atoms with Crippen LogP contribution < -0.4 is 5.32 Å². The highest BCUT2D eigenvalue weighted by Gasteiger charge is 2.18. The molecule has 0 aliphatic carbocycles. The molecule has 1 aromatic heterocycles. The molecule has 108 valence electrons. The van der Waals surface area contributed by atoms with E-state index in [1.807, 2.05) is 38.3 Å². The Morgan fingerprint density at radius 2 is 2.05 bits per heavy atom. The summed E-state index contributed by atoms with van der Waals surface area (Å²) in [6.07, 6.45) is -0.582. The number of nitrogens with one attached hydrogen (secondary N) is 1. The van der Waals surface area contributed by atoms with Crippen molar-refractivity contribution in [1.82, 2.24) is 5.32 Å². The summed E-state index contributed by atoms with van der Waals surface area (Å²) < 4.78 is 0. The molecule has 0 spiro atoms. The molecule has 3 N–H and O–H groups in total. The molecule has 0 aromatic carbocycles. The monoisotopic (exact) mass is 285 g/mol. The van der Waals surface area contributed by atoms with E-state index in [-0.39, 0.29) is 24.3 Å². The van der Waals surface area contributed by atoms with Gasteiger partial charge in [0, 0.05) is 10.9 Å². The molecular weight excluding hydrogens is 262 g/mol. The fraction of sp³-hybridized carbons (Fsp3) is 0.643. The van der Waals surface area contributed by atoms with Gasteiger partial charge in [0.15, 0.2) is 0 Å². The number of rotatable bonds is 7. The molecule has 4 nitrogen and oxygen atoms in total. The lowest BCUT2D eigenvalue weighted by molar-refractivity contribution is -0.124. The topological polar surface area (TPSA) is 69.6 Å². The van der Waals surface area contributed by atoms with Crippen LogP contribution in [-0.2, 0) is 4.79 Å². The van der Waals surface area contributed by atoms with Crippen LogP contribution in [0, 0.1) is 5.92 Å². The normalized spacial score (nSPS) is 16.1. The first kappa shape index (κ1) is 16.1. The zero-order chi connectivity index (χ0) is 14.4. The van der Waals surface area contributed by atoms with Crippen molar-refractivity contribution < 1.29 is 15.0 Å². The predicted molar refractivity (Wildman–Crippen MR) is 77.0 cm³/mol. The summed E-state index contributed by atoms with van der Waals surface area (Å²) in [6.45, 7) is 5.61. The maximum Gasteiger partial charge on any atom is 0.222 e. The van der Waals surface area contributed by atoms with Gasteiger partial charge in [-0.2, -0.15) is 0 Å². The molecule has 0 aliphatic heterocycles. The van der Waals surface area contributed by atoms with Crippen LogP contribution in [0.2, 0.25) is 0 Å². The zero-order valence-corrected chi connectivity index (χ0v) is 12.5. The summed E-state index contributed by atoms with van der Waals surface area (Å²) in [5, 5.41) is 24.3. The Labute approximate surface area is 118 Å². The minimum Gasteiger partial charge on any atom is -0.392 e. The second-order valence-corrected chi connectivity index (χ2v) is 6.23. The van der Waals surface area contributed by atoms with Crippen LogP contribution in [0.5, 0.6) is 0 Å². The quantitative estimate of drug-likeness (QED) is 0.718. The molecule has 0 saturated heterocycles. The Morgan fingerprint density at radius 3 is 2.58 bits per heavy atom. The van der Waals surface area contributed by atoms with E-state index in [0.29, 0.717) is 6.42 Å². The van der Waals surface area contributed by atoms with Crippen molar-refractivity contribution in [3.8, 4) is 0 Å². The third-order valence-corrected chi connectivity index (χ3v) is 3.99. The van der Waals surface area contributed by atoms with Gasteiger partial charge in [0.05, 0.1) is 18.6 Å². The van der Waals surface area contributed by atoms with Gasteiger partial charge in [-0.3, -0.25) is 4.79 Å². The highest BCUT2D eigenvalue weighted by molar-refractivity contribution is 7.10. The van der Waals surface area contributed by atoms with Crippen molar-refractivity contribution in [1.29, 1.82) is 0 Å². The number of aliphatic hydroxyl groups is 2. The van der Waals surface area contributed by atoms with Gasteiger partial charge < -0.3 is 15.5 Å². The summed E-state index contributed by atoms with van der Waals surface area (Å²) >= 11 is 1.50. The maximum atomic E-state index is 11.7. The first-order valence-electron chi connectivity index (χ1n) is 6.59. The van der Waals surface area contributed by atoms with Gasteiger partial charge in [-0.1, -0.05) is 19.9 Å². The molecule has 0 fully saturated rings. The van der Waals surface area contributed by atoms with E-state index in [9.17, 15) is 15.0 Å². The number of aliphatic hydroxyl groups excluding tert-OH is 2. The molecule has 1 amide bonds. The smallest absolute Gasteiger partial charge is 0.222 e. The van der Waals surface area contributed by atoms with E-state index in [4.69, 9.17) is 0 Å². The van der Waals surface area contributed by atoms with E-state index in [2.05, 4.69) is 5.32 Å². The van der Waals surface area contributed by atoms with Crippen LogP contribution in [-0.4, -0.2) is 28.3 Å². The third-order valence-electron chi connectivity index (χ3n) is 3.02. The molecule has 0 aliphatic rings.